The van der Waals surface area contributed by atoms with Crippen LogP contribution >= 0.6 is 0 Å². The molecule has 2 aromatic heterocycles. The van der Waals surface area contributed by atoms with E-state index in [9.17, 15) is 0 Å². The molecular weight excluding hydrogens is 452 g/mol. The van der Waals surface area contributed by atoms with Gasteiger partial charge in [0.05, 0.1) is 5.69 Å². The molecule has 4 aromatic carbocycles. The van der Waals surface area contributed by atoms with Crippen LogP contribution < -0.4 is 0 Å². The molecule has 0 spiro atoms. The first kappa shape index (κ1) is 22.5. The standard InChI is InChI=1S/C33H24N4/c1-23-9-8-14-30(34-23)26-17-21-29(22-18-26)33-36-31(27-12-6-3-7-13-27)35-32(37-33)28-19-15-25(16-20-28)24-10-4-2-5-11-24/h2-22H,1H3. The molecule has 0 radical (unpaired) electrons. The number of aryl methyl sites for hydroxylation is 1. The van der Waals surface area contributed by atoms with Crippen LogP contribution in [-0.2, 0) is 0 Å². The predicted molar refractivity (Wildman–Crippen MR) is 150 cm³/mol. The molecule has 176 valence electrons. The van der Waals surface area contributed by atoms with Crippen LogP contribution in [0.4, 0.5) is 0 Å². The Hall–Kier alpha value is -4.96. The minimum absolute atomic E-state index is 0.639. The highest BCUT2D eigenvalue weighted by Gasteiger charge is 2.13. The van der Waals surface area contributed by atoms with Crippen LogP contribution in [0.1, 0.15) is 5.69 Å². The third-order valence-electron chi connectivity index (χ3n) is 6.24. The van der Waals surface area contributed by atoms with Gasteiger partial charge in [-0.15, -0.1) is 0 Å². The fourth-order valence-electron chi connectivity index (χ4n) is 4.29. The van der Waals surface area contributed by atoms with Gasteiger partial charge in [-0.2, -0.15) is 0 Å². The molecule has 0 atom stereocenters. The Morgan fingerprint density at radius 1 is 0.324 bits per heavy atom. The zero-order valence-corrected chi connectivity index (χ0v) is 20.4. The van der Waals surface area contributed by atoms with Crippen molar-refractivity contribution in [3.8, 4) is 56.5 Å². The van der Waals surface area contributed by atoms with Crippen molar-refractivity contribution in [2.24, 2.45) is 0 Å². The van der Waals surface area contributed by atoms with E-state index < -0.39 is 0 Å². The molecule has 6 aromatic rings. The average Bonchev–Trinajstić information content (AvgIpc) is 2.98. The van der Waals surface area contributed by atoms with Crippen LogP contribution in [0, 0.1) is 6.92 Å². The topological polar surface area (TPSA) is 51.6 Å². The quantitative estimate of drug-likeness (QED) is 0.254. The summed E-state index contributed by atoms with van der Waals surface area (Å²) in [6.07, 6.45) is 0. The van der Waals surface area contributed by atoms with E-state index in [4.69, 9.17) is 15.0 Å². The van der Waals surface area contributed by atoms with Crippen molar-refractivity contribution in [2.45, 2.75) is 6.92 Å². The Kier molecular flexibility index (Phi) is 6.05. The van der Waals surface area contributed by atoms with Gasteiger partial charge in [-0.25, -0.2) is 15.0 Å². The van der Waals surface area contributed by atoms with Gasteiger partial charge in [-0.1, -0.05) is 115 Å². The monoisotopic (exact) mass is 476 g/mol. The van der Waals surface area contributed by atoms with Gasteiger partial charge >= 0.3 is 0 Å². The van der Waals surface area contributed by atoms with Crippen LogP contribution in [0.15, 0.2) is 127 Å². The first-order valence-electron chi connectivity index (χ1n) is 12.2. The number of pyridine rings is 1. The molecule has 0 N–H and O–H groups in total. The molecule has 0 fully saturated rings. The molecule has 4 nitrogen and oxygen atoms in total. The summed E-state index contributed by atoms with van der Waals surface area (Å²) in [5, 5.41) is 0. The molecule has 0 amide bonds. The summed E-state index contributed by atoms with van der Waals surface area (Å²) in [6.45, 7) is 2.00. The fourth-order valence-corrected chi connectivity index (χ4v) is 4.29. The maximum Gasteiger partial charge on any atom is 0.164 e. The first-order chi connectivity index (χ1) is 18.2. The smallest absolute Gasteiger partial charge is 0.164 e. The van der Waals surface area contributed by atoms with Crippen LogP contribution in [0.25, 0.3) is 56.5 Å². The van der Waals surface area contributed by atoms with Gasteiger partial charge in [-0.05, 0) is 30.2 Å². The van der Waals surface area contributed by atoms with Crippen molar-refractivity contribution >= 4 is 0 Å². The summed E-state index contributed by atoms with van der Waals surface area (Å²) >= 11 is 0. The second kappa shape index (κ2) is 9.96. The summed E-state index contributed by atoms with van der Waals surface area (Å²) < 4.78 is 0. The Labute approximate surface area is 216 Å². The molecule has 4 heteroatoms. The lowest BCUT2D eigenvalue weighted by molar-refractivity contribution is 1.07. The second-order valence-electron chi connectivity index (χ2n) is 8.86. The van der Waals surface area contributed by atoms with Gasteiger partial charge in [0.15, 0.2) is 17.5 Å². The zero-order valence-electron chi connectivity index (χ0n) is 20.4. The van der Waals surface area contributed by atoms with Crippen molar-refractivity contribution in [3.63, 3.8) is 0 Å². The van der Waals surface area contributed by atoms with Gasteiger partial charge in [0.25, 0.3) is 0 Å². The summed E-state index contributed by atoms with van der Waals surface area (Å²) in [4.78, 5) is 19.2. The number of benzene rings is 4. The summed E-state index contributed by atoms with van der Waals surface area (Å²) in [7, 11) is 0. The molecule has 0 saturated heterocycles. The highest BCUT2D eigenvalue weighted by atomic mass is 15.0. The van der Waals surface area contributed by atoms with E-state index in [0.29, 0.717) is 17.5 Å². The number of hydrogen-bond acceptors (Lipinski definition) is 4. The van der Waals surface area contributed by atoms with E-state index in [2.05, 4.69) is 53.5 Å². The van der Waals surface area contributed by atoms with E-state index in [1.54, 1.807) is 0 Å². The fraction of sp³-hybridized carbons (Fsp3) is 0.0303. The third-order valence-corrected chi connectivity index (χ3v) is 6.24. The lowest BCUT2D eigenvalue weighted by Gasteiger charge is -2.10. The van der Waals surface area contributed by atoms with Gasteiger partial charge in [-0.3, -0.25) is 4.98 Å². The predicted octanol–water partition coefficient (Wildman–Crippen LogP) is 7.91. The average molecular weight is 477 g/mol. The highest BCUT2D eigenvalue weighted by Crippen LogP contribution is 2.28. The zero-order chi connectivity index (χ0) is 25.0. The van der Waals surface area contributed by atoms with E-state index >= 15 is 0 Å². The Morgan fingerprint density at radius 2 is 0.730 bits per heavy atom. The molecule has 6 rings (SSSR count). The van der Waals surface area contributed by atoms with E-state index in [0.717, 1.165) is 39.2 Å². The van der Waals surface area contributed by atoms with Crippen LogP contribution in [0.3, 0.4) is 0 Å². The normalized spacial score (nSPS) is 10.8. The number of nitrogens with zero attached hydrogens (tertiary/aromatic N) is 4. The molecule has 0 bridgehead atoms. The summed E-state index contributed by atoms with van der Waals surface area (Å²) in [5.41, 5.74) is 8.16. The number of aromatic nitrogens is 4. The molecular formula is C33H24N4. The van der Waals surface area contributed by atoms with Crippen molar-refractivity contribution in [2.75, 3.05) is 0 Å². The van der Waals surface area contributed by atoms with Crippen molar-refractivity contribution in [3.05, 3.63) is 133 Å². The molecule has 0 aliphatic rings. The minimum atomic E-state index is 0.639. The van der Waals surface area contributed by atoms with Crippen molar-refractivity contribution in [1.82, 2.24) is 19.9 Å². The number of hydrogen-bond donors (Lipinski definition) is 0. The Bertz CT molecular complexity index is 1640. The number of rotatable bonds is 5. The summed E-state index contributed by atoms with van der Waals surface area (Å²) in [6, 6.07) is 43.0. The van der Waals surface area contributed by atoms with Crippen LogP contribution in [-0.4, -0.2) is 19.9 Å². The maximum absolute atomic E-state index is 4.88. The lowest BCUT2D eigenvalue weighted by atomic mass is 10.0. The molecule has 37 heavy (non-hydrogen) atoms. The lowest BCUT2D eigenvalue weighted by Crippen LogP contribution is -2.00. The van der Waals surface area contributed by atoms with Gasteiger partial charge in [0, 0.05) is 27.9 Å². The highest BCUT2D eigenvalue weighted by molar-refractivity contribution is 5.71. The van der Waals surface area contributed by atoms with Crippen molar-refractivity contribution < 1.29 is 0 Å². The van der Waals surface area contributed by atoms with E-state index in [1.807, 2.05) is 85.8 Å². The SMILES string of the molecule is Cc1cccc(-c2ccc(-c3nc(-c4ccccc4)nc(-c4ccc(-c5ccccc5)cc4)n3)cc2)n1. The van der Waals surface area contributed by atoms with Gasteiger partial charge in [0.2, 0.25) is 0 Å². The molecule has 2 heterocycles. The Balaban J connectivity index is 1.41. The van der Waals surface area contributed by atoms with Crippen LogP contribution in [0.5, 0.6) is 0 Å². The van der Waals surface area contributed by atoms with E-state index in [-0.39, 0.29) is 0 Å². The van der Waals surface area contributed by atoms with Crippen molar-refractivity contribution in [1.29, 1.82) is 0 Å². The third kappa shape index (κ3) is 4.91. The minimum Gasteiger partial charge on any atom is -0.253 e. The molecule has 0 aliphatic heterocycles. The molecule has 0 aliphatic carbocycles. The molecule has 0 saturated carbocycles. The van der Waals surface area contributed by atoms with Gasteiger partial charge in [0.1, 0.15) is 0 Å². The molecule has 0 unspecified atom stereocenters. The van der Waals surface area contributed by atoms with E-state index in [1.165, 1.54) is 5.56 Å². The van der Waals surface area contributed by atoms with Crippen LogP contribution in [0.2, 0.25) is 0 Å². The maximum atomic E-state index is 4.88. The Morgan fingerprint density at radius 3 is 1.24 bits per heavy atom. The van der Waals surface area contributed by atoms with Gasteiger partial charge < -0.3 is 0 Å². The summed E-state index contributed by atoms with van der Waals surface area (Å²) in [5.74, 6) is 1.93. The largest absolute Gasteiger partial charge is 0.253 e. The second-order valence-corrected chi connectivity index (χ2v) is 8.86. The first-order valence-corrected chi connectivity index (χ1v) is 12.2.